The van der Waals surface area contributed by atoms with Gasteiger partial charge in [-0.05, 0) is 43.4 Å². The van der Waals surface area contributed by atoms with Crippen molar-refractivity contribution in [2.75, 3.05) is 39.6 Å². The normalized spacial score (nSPS) is 14.3. The average molecular weight is 1420 g/mol. The predicted octanol–water partition coefficient (Wildman–Crippen LogP) is 23.0. The number of phosphoric ester groups is 2. The molecule has 3 unspecified atom stereocenters. The molecular weight excluding hydrogens is 1270 g/mol. The number of carbonyl (C=O) groups excluding carboxylic acids is 4. The largest absolute Gasteiger partial charge is 0.472 e. The lowest BCUT2D eigenvalue weighted by atomic mass is 9.99. The van der Waals surface area contributed by atoms with Gasteiger partial charge in [0.15, 0.2) is 12.2 Å². The number of esters is 4. The van der Waals surface area contributed by atoms with Crippen molar-refractivity contribution in [1.29, 1.82) is 0 Å². The molecule has 0 aliphatic carbocycles. The van der Waals surface area contributed by atoms with Gasteiger partial charge in [0.1, 0.15) is 19.3 Å². The van der Waals surface area contributed by atoms with Crippen LogP contribution < -0.4 is 0 Å². The van der Waals surface area contributed by atoms with Gasteiger partial charge in [-0.3, -0.25) is 37.3 Å². The summed E-state index contributed by atoms with van der Waals surface area (Å²) in [5, 5.41) is 10.6. The molecule has 19 heteroatoms. The highest BCUT2D eigenvalue weighted by Crippen LogP contribution is 2.45. The van der Waals surface area contributed by atoms with Crippen molar-refractivity contribution in [3.8, 4) is 0 Å². The average Bonchev–Trinajstić information content (AvgIpc) is 2.46. The number of carbonyl (C=O) groups is 4. The van der Waals surface area contributed by atoms with Crippen LogP contribution in [-0.4, -0.2) is 96.7 Å². The highest BCUT2D eigenvalue weighted by atomic mass is 31.2. The zero-order valence-corrected chi connectivity index (χ0v) is 65.3. The maximum absolute atomic E-state index is 13.1. The van der Waals surface area contributed by atoms with Gasteiger partial charge in [0.25, 0.3) is 0 Å². The fourth-order valence-corrected chi connectivity index (χ4v) is 13.5. The molecule has 0 saturated heterocycles. The Balaban J connectivity index is 5.19. The SMILES string of the molecule is CCCCCCCCCC(=O)OC[C@H](COP(=O)(O)OC[C@H](O)COP(=O)(O)OC[C@@H](COC(=O)CCCCCCCCCCCCCCCCC(C)CC)OC(=O)CCCCCCCCCCCCCCCCCCC(C)C)OC(=O)CCCCCCCCCCCCC(C)C. The van der Waals surface area contributed by atoms with Gasteiger partial charge in [-0.15, -0.1) is 0 Å². The molecule has 0 rings (SSSR count). The third-order valence-corrected chi connectivity index (χ3v) is 20.4. The third-order valence-electron chi connectivity index (χ3n) is 18.5. The number of rotatable bonds is 76. The maximum atomic E-state index is 13.1. The van der Waals surface area contributed by atoms with Crippen LogP contribution in [0.25, 0.3) is 0 Å². The molecule has 0 spiro atoms. The summed E-state index contributed by atoms with van der Waals surface area (Å²) in [6.07, 6.45) is 55.6. The van der Waals surface area contributed by atoms with E-state index in [1.807, 2.05) is 0 Å². The molecule has 17 nitrogen and oxygen atoms in total. The molecule has 0 saturated carbocycles. The fraction of sp³-hybridized carbons (Fsp3) is 0.949. The van der Waals surface area contributed by atoms with Crippen LogP contribution >= 0.6 is 15.6 Å². The monoisotopic (exact) mass is 1420 g/mol. The van der Waals surface area contributed by atoms with E-state index >= 15 is 0 Å². The molecule has 0 heterocycles. The Morgan fingerprint density at radius 1 is 0.299 bits per heavy atom. The van der Waals surface area contributed by atoms with E-state index in [9.17, 15) is 43.2 Å². The summed E-state index contributed by atoms with van der Waals surface area (Å²) in [5.74, 6) is 0.292. The molecule has 0 bridgehead atoms. The van der Waals surface area contributed by atoms with E-state index in [2.05, 4.69) is 48.5 Å². The molecule has 0 aromatic heterocycles. The summed E-state index contributed by atoms with van der Waals surface area (Å²) in [4.78, 5) is 72.8. The topological polar surface area (TPSA) is 237 Å². The zero-order chi connectivity index (χ0) is 71.6. The lowest BCUT2D eigenvalue weighted by molar-refractivity contribution is -0.161. The number of aliphatic hydroxyl groups excluding tert-OH is 1. The Bertz CT molecular complexity index is 1890. The molecule has 0 aromatic carbocycles. The minimum atomic E-state index is -4.96. The standard InChI is InChI=1S/C78H152O17P2/c1-8-10-11-12-35-45-52-59-75(80)88-65-73(94-78(83)62-55-48-41-34-28-27-30-37-43-50-57-70(5)6)67-92-96(84,85)90-63-72(79)64-91-97(86,87)93-68-74(66-89-76(81)60-53-46-39-32-25-21-18-17-20-24-31-38-44-51-58-71(7)9-2)95-77(82)61-54-47-40-33-26-22-16-14-13-15-19-23-29-36-42-49-56-69(3)4/h69-74,79H,8-68H2,1-7H3,(H,84,85)(H,86,87)/t71?,72-,73+,74+/m0/s1. The van der Waals surface area contributed by atoms with Gasteiger partial charge in [-0.1, -0.05) is 350 Å². The van der Waals surface area contributed by atoms with E-state index in [0.29, 0.717) is 25.7 Å². The summed E-state index contributed by atoms with van der Waals surface area (Å²) in [6, 6.07) is 0. The minimum absolute atomic E-state index is 0.105. The molecule has 3 N–H and O–H groups in total. The Hall–Kier alpha value is -1.94. The Morgan fingerprint density at radius 2 is 0.526 bits per heavy atom. The van der Waals surface area contributed by atoms with Crippen molar-refractivity contribution in [2.45, 2.75) is 420 Å². The van der Waals surface area contributed by atoms with E-state index in [1.54, 1.807) is 0 Å². The zero-order valence-electron chi connectivity index (χ0n) is 63.5. The van der Waals surface area contributed by atoms with Gasteiger partial charge >= 0.3 is 39.5 Å². The van der Waals surface area contributed by atoms with Crippen molar-refractivity contribution in [2.24, 2.45) is 17.8 Å². The Morgan fingerprint density at radius 3 is 0.784 bits per heavy atom. The smallest absolute Gasteiger partial charge is 0.462 e. The van der Waals surface area contributed by atoms with Gasteiger partial charge in [0.2, 0.25) is 0 Å². The van der Waals surface area contributed by atoms with Crippen LogP contribution in [0.5, 0.6) is 0 Å². The van der Waals surface area contributed by atoms with Crippen molar-refractivity contribution in [3.63, 3.8) is 0 Å². The first-order valence-electron chi connectivity index (χ1n) is 40.4. The van der Waals surface area contributed by atoms with E-state index in [4.69, 9.17) is 37.0 Å². The fourth-order valence-electron chi connectivity index (χ4n) is 11.9. The van der Waals surface area contributed by atoms with Crippen LogP contribution in [0.15, 0.2) is 0 Å². The molecule has 0 aliphatic rings. The van der Waals surface area contributed by atoms with Gasteiger partial charge in [-0.25, -0.2) is 9.13 Å². The molecule has 0 amide bonds. The van der Waals surface area contributed by atoms with Gasteiger partial charge in [0, 0.05) is 25.7 Å². The van der Waals surface area contributed by atoms with Crippen molar-refractivity contribution in [3.05, 3.63) is 0 Å². The van der Waals surface area contributed by atoms with Crippen LogP contribution in [0, 0.1) is 17.8 Å². The lowest BCUT2D eigenvalue weighted by Gasteiger charge is -2.21. The molecule has 97 heavy (non-hydrogen) atoms. The summed E-state index contributed by atoms with van der Waals surface area (Å²) in [5.41, 5.74) is 0. The molecule has 0 aliphatic heterocycles. The summed E-state index contributed by atoms with van der Waals surface area (Å²) in [7, 11) is -9.91. The molecule has 0 radical (unpaired) electrons. The second-order valence-electron chi connectivity index (χ2n) is 29.3. The third kappa shape index (κ3) is 70.9. The number of phosphoric acid groups is 2. The van der Waals surface area contributed by atoms with Crippen molar-refractivity contribution >= 4 is 39.5 Å². The molecule has 0 fully saturated rings. The first kappa shape index (κ1) is 95.1. The van der Waals surface area contributed by atoms with Gasteiger partial charge < -0.3 is 33.8 Å². The van der Waals surface area contributed by atoms with Crippen LogP contribution in [0.1, 0.15) is 402 Å². The van der Waals surface area contributed by atoms with E-state index in [-0.39, 0.29) is 25.7 Å². The molecule has 576 valence electrons. The van der Waals surface area contributed by atoms with Crippen LogP contribution in [0.3, 0.4) is 0 Å². The molecule has 0 aromatic rings. The van der Waals surface area contributed by atoms with Crippen LogP contribution in [0.4, 0.5) is 0 Å². The van der Waals surface area contributed by atoms with Gasteiger partial charge in [0.05, 0.1) is 26.4 Å². The van der Waals surface area contributed by atoms with Crippen molar-refractivity contribution in [1.82, 2.24) is 0 Å². The van der Waals surface area contributed by atoms with E-state index < -0.39 is 97.5 Å². The molecular formula is C78H152O17P2. The number of unbranched alkanes of at least 4 members (excludes halogenated alkanes) is 43. The summed E-state index contributed by atoms with van der Waals surface area (Å²) >= 11 is 0. The Kier molecular flexibility index (Phi) is 67.1. The minimum Gasteiger partial charge on any atom is -0.462 e. The number of hydrogen-bond acceptors (Lipinski definition) is 15. The number of ether oxygens (including phenoxy) is 4. The van der Waals surface area contributed by atoms with E-state index in [0.717, 1.165) is 120 Å². The second kappa shape index (κ2) is 68.5. The number of hydrogen-bond donors (Lipinski definition) is 3. The van der Waals surface area contributed by atoms with Crippen molar-refractivity contribution < 1.29 is 80.2 Å². The quantitative estimate of drug-likeness (QED) is 0.0222. The summed E-state index contributed by atoms with van der Waals surface area (Å²) < 4.78 is 68.5. The van der Waals surface area contributed by atoms with Crippen LogP contribution in [-0.2, 0) is 65.4 Å². The predicted molar refractivity (Wildman–Crippen MR) is 395 cm³/mol. The van der Waals surface area contributed by atoms with E-state index in [1.165, 1.54) is 199 Å². The maximum Gasteiger partial charge on any atom is 0.472 e. The first-order chi connectivity index (χ1) is 46.8. The second-order valence-corrected chi connectivity index (χ2v) is 32.2. The molecule has 6 atom stereocenters. The van der Waals surface area contributed by atoms with Gasteiger partial charge in [-0.2, -0.15) is 0 Å². The Labute approximate surface area is 594 Å². The lowest BCUT2D eigenvalue weighted by Crippen LogP contribution is -2.30. The summed E-state index contributed by atoms with van der Waals surface area (Å²) in [6.45, 7) is 11.9. The highest BCUT2D eigenvalue weighted by molar-refractivity contribution is 7.47. The first-order valence-corrected chi connectivity index (χ1v) is 43.4. The highest BCUT2D eigenvalue weighted by Gasteiger charge is 2.30. The van der Waals surface area contributed by atoms with Crippen LogP contribution in [0.2, 0.25) is 0 Å². The number of aliphatic hydroxyl groups is 1.